The Bertz CT molecular complexity index is 864. The third-order valence-electron chi connectivity index (χ3n) is 3.20. The van der Waals surface area contributed by atoms with Crippen LogP contribution in [0.4, 0.5) is 0 Å². The second-order valence-electron chi connectivity index (χ2n) is 4.85. The van der Waals surface area contributed by atoms with Crippen molar-refractivity contribution >= 4 is 44.3 Å². The Kier molecular flexibility index (Phi) is 4.84. The van der Waals surface area contributed by atoms with E-state index in [4.69, 9.17) is 21.1 Å². The lowest BCUT2D eigenvalue weighted by Gasteiger charge is -2.09. The fraction of sp³-hybridized carbons (Fsp3) is 0.0556. The standard InChI is InChI=1S/C18H12BrClO3/c19-14-6-8-17(16(20)10-14)23-18(21)11-22-15-7-5-12-3-1-2-4-13(12)9-15/h1-10H,11H2. The summed E-state index contributed by atoms with van der Waals surface area (Å²) >= 11 is 9.30. The van der Waals surface area contributed by atoms with Crippen molar-refractivity contribution in [3.8, 4) is 11.5 Å². The number of fused-ring (bicyclic) bond motifs is 1. The van der Waals surface area contributed by atoms with Gasteiger partial charge in [-0.15, -0.1) is 0 Å². The van der Waals surface area contributed by atoms with Crippen LogP contribution in [0.3, 0.4) is 0 Å². The summed E-state index contributed by atoms with van der Waals surface area (Å²) in [5.74, 6) is 0.409. The van der Waals surface area contributed by atoms with Gasteiger partial charge in [0.05, 0.1) is 5.02 Å². The Morgan fingerprint density at radius 2 is 1.78 bits per heavy atom. The van der Waals surface area contributed by atoms with Gasteiger partial charge in [0, 0.05) is 4.47 Å². The van der Waals surface area contributed by atoms with Crippen LogP contribution in [-0.4, -0.2) is 12.6 Å². The molecule has 3 aromatic carbocycles. The van der Waals surface area contributed by atoms with Crippen LogP contribution in [-0.2, 0) is 4.79 Å². The predicted molar refractivity (Wildman–Crippen MR) is 94.2 cm³/mol. The number of carbonyl (C=O) groups excluding carboxylic acids is 1. The van der Waals surface area contributed by atoms with E-state index < -0.39 is 5.97 Å². The quantitative estimate of drug-likeness (QED) is 0.451. The van der Waals surface area contributed by atoms with Crippen molar-refractivity contribution in [2.75, 3.05) is 6.61 Å². The maximum atomic E-state index is 11.9. The first kappa shape index (κ1) is 15.8. The molecule has 23 heavy (non-hydrogen) atoms. The minimum atomic E-state index is -0.512. The number of rotatable bonds is 4. The first-order valence-corrected chi connectivity index (χ1v) is 8.06. The zero-order valence-electron chi connectivity index (χ0n) is 12.0. The van der Waals surface area contributed by atoms with Crippen LogP contribution >= 0.6 is 27.5 Å². The number of carbonyl (C=O) groups is 1. The molecular weight excluding hydrogens is 380 g/mol. The molecule has 0 saturated heterocycles. The second kappa shape index (κ2) is 7.02. The summed E-state index contributed by atoms with van der Waals surface area (Å²) in [4.78, 5) is 11.9. The normalized spacial score (nSPS) is 10.5. The minimum Gasteiger partial charge on any atom is -0.482 e. The van der Waals surface area contributed by atoms with Gasteiger partial charge < -0.3 is 9.47 Å². The molecule has 5 heteroatoms. The second-order valence-corrected chi connectivity index (χ2v) is 6.17. The van der Waals surface area contributed by atoms with E-state index in [1.54, 1.807) is 18.2 Å². The molecule has 0 aliphatic rings. The van der Waals surface area contributed by atoms with Crippen molar-refractivity contribution < 1.29 is 14.3 Å². The molecule has 0 heterocycles. The van der Waals surface area contributed by atoms with E-state index in [1.807, 2.05) is 42.5 Å². The Labute approximate surface area is 146 Å². The fourth-order valence-electron chi connectivity index (χ4n) is 2.11. The van der Waals surface area contributed by atoms with Gasteiger partial charge in [-0.05, 0) is 41.1 Å². The number of hydrogen-bond acceptors (Lipinski definition) is 3. The summed E-state index contributed by atoms with van der Waals surface area (Å²) in [5, 5.41) is 2.52. The van der Waals surface area contributed by atoms with Crippen LogP contribution < -0.4 is 9.47 Å². The van der Waals surface area contributed by atoms with Crippen molar-refractivity contribution in [1.29, 1.82) is 0 Å². The molecular formula is C18H12BrClO3. The molecule has 3 nitrogen and oxygen atoms in total. The Morgan fingerprint density at radius 1 is 1.00 bits per heavy atom. The average Bonchev–Trinajstić information content (AvgIpc) is 2.55. The molecule has 0 radical (unpaired) electrons. The molecule has 0 fully saturated rings. The van der Waals surface area contributed by atoms with Crippen LogP contribution in [0.1, 0.15) is 0 Å². The van der Waals surface area contributed by atoms with Crippen molar-refractivity contribution in [3.63, 3.8) is 0 Å². The van der Waals surface area contributed by atoms with Crippen LogP contribution in [0.2, 0.25) is 5.02 Å². The summed E-state index contributed by atoms with van der Waals surface area (Å²) < 4.78 is 11.5. The molecule has 0 aliphatic heterocycles. The molecule has 0 unspecified atom stereocenters. The van der Waals surface area contributed by atoms with Gasteiger partial charge in [-0.1, -0.05) is 57.9 Å². The number of halogens is 2. The van der Waals surface area contributed by atoms with Gasteiger partial charge in [0.15, 0.2) is 6.61 Å². The SMILES string of the molecule is O=C(COc1ccc2ccccc2c1)Oc1ccc(Br)cc1Cl. The molecule has 3 aromatic rings. The highest BCUT2D eigenvalue weighted by Gasteiger charge is 2.10. The summed E-state index contributed by atoms with van der Waals surface area (Å²) in [7, 11) is 0. The van der Waals surface area contributed by atoms with Gasteiger partial charge >= 0.3 is 5.97 Å². The highest BCUT2D eigenvalue weighted by Crippen LogP contribution is 2.28. The zero-order valence-corrected chi connectivity index (χ0v) is 14.3. The van der Waals surface area contributed by atoms with Gasteiger partial charge in [-0.25, -0.2) is 4.79 Å². The monoisotopic (exact) mass is 390 g/mol. The van der Waals surface area contributed by atoms with E-state index >= 15 is 0 Å². The van der Waals surface area contributed by atoms with Gasteiger partial charge in [-0.3, -0.25) is 0 Å². The van der Waals surface area contributed by atoms with E-state index in [1.165, 1.54) is 0 Å². The number of ether oxygens (including phenoxy) is 2. The van der Waals surface area contributed by atoms with Crippen molar-refractivity contribution in [3.05, 3.63) is 70.2 Å². The average molecular weight is 392 g/mol. The molecule has 0 spiro atoms. The van der Waals surface area contributed by atoms with E-state index in [0.29, 0.717) is 16.5 Å². The van der Waals surface area contributed by atoms with Crippen LogP contribution in [0.5, 0.6) is 11.5 Å². The molecule has 116 valence electrons. The highest BCUT2D eigenvalue weighted by atomic mass is 79.9. The van der Waals surface area contributed by atoms with E-state index in [-0.39, 0.29) is 6.61 Å². The topological polar surface area (TPSA) is 35.5 Å². The largest absolute Gasteiger partial charge is 0.482 e. The molecule has 0 aromatic heterocycles. The Hall–Kier alpha value is -2.04. The van der Waals surface area contributed by atoms with E-state index in [0.717, 1.165) is 15.2 Å². The van der Waals surface area contributed by atoms with Crippen LogP contribution in [0, 0.1) is 0 Å². The Morgan fingerprint density at radius 3 is 2.57 bits per heavy atom. The summed E-state index contributed by atoms with van der Waals surface area (Å²) in [6.45, 7) is -0.190. The lowest BCUT2D eigenvalue weighted by molar-refractivity contribution is -0.136. The van der Waals surface area contributed by atoms with Crippen molar-refractivity contribution in [2.24, 2.45) is 0 Å². The summed E-state index contributed by atoms with van der Waals surface area (Å²) in [5.41, 5.74) is 0. The lowest BCUT2D eigenvalue weighted by Crippen LogP contribution is -2.17. The van der Waals surface area contributed by atoms with E-state index in [9.17, 15) is 4.79 Å². The predicted octanol–water partition coefficient (Wildman–Crippen LogP) is 5.24. The zero-order chi connectivity index (χ0) is 16.2. The van der Waals surface area contributed by atoms with Gasteiger partial charge in [0.2, 0.25) is 0 Å². The molecule has 0 atom stereocenters. The molecule has 0 bridgehead atoms. The highest BCUT2D eigenvalue weighted by molar-refractivity contribution is 9.10. The summed E-state index contributed by atoms with van der Waals surface area (Å²) in [6, 6.07) is 18.6. The van der Waals surface area contributed by atoms with Gasteiger partial charge in [-0.2, -0.15) is 0 Å². The smallest absolute Gasteiger partial charge is 0.349 e. The molecule has 0 amide bonds. The lowest BCUT2D eigenvalue weighted by atomic mass is 10.1. The number of esters is 1. The Balaban J connectivity index is 1.63. The maximum Gasteiger partial charge on any atom is 0.349 e. The van der Waals surface area contributed by atoms with E-state index in [2.05, 4.69) is 15.9 Å². The first-order chi connectivity index (χ1) is 11.1. The first-order valence-electron chi connectivity index (χ1n) is 6.89. The minimum absolute atomic E-state index is 0.190. The molecule has 3 rings (SSSR count). The molecule has 0 N–H and O–H groups in total. The van der Waals surface area contributed by atoms with Crippen molar-refractivity contribution in [1.82, 2.24) is 0 Å². The van der Waals surface area contributed by atoms with Crippen molar-refractivity contribution in [2.45, 2.75) is 0 Å². The fourth-order valence-corrected chi connectivity index (χ4v) is 2.82. The summed E-state index contributed by atoms with van der Waals surface area (Å²) in [6.07, 6.45) is 0. The maximum absolute atomic E-state index is 11.9. The van der Waals surface area contributed by atoms with Crippen LogP contribution in [0.15, 0.2) is 65.1 Å². The van der Waals surface area contributed by atoms with Crippen LogP contribution in [0.25, 0.3) is 10.8 Å². The third kappa shape index (κ3) is 4.03. The number of benzene rings is 3. The number of hydrogen-bond donors (Lipinski definition) is 0. The molecule has 0 aliphatic carbocycles. The molecule has 0 saturated carbocycles. The van der Waals surface area contributed by atoms with Gasteiger partial charge in [0.25, 0.3) is 0 Å². The van der Waals surface area contributed by atoms with Gasteiger partial charge in [0.1, 0.15) is 11.5 Å². The third-order valence-corrected chi connectivity index (χ3v) is 3.98.